The zero-order valence-corrected chi connectivity index (χ0v) is 12.2. The summed E-state index contributed by atoms with van der Waals surface area (Å²) in [4.78, 5) is 10.9. The van der Waals surface area contributed by atoms with E-state index in [4.69, 9.17) is 5.11 Å². The van der Waals surface area contributed by atoms with Crippen molar-refractivity contribution in [3.05, 3.63) is 29.8 Å². The molecule has 1 aliphatic carbocycles. The van der Waals surface area contributed by atoms with Gasteiger partial charge in [0, 0.05) is 6.04 Å². The molecule has 1 aromatic carbocycles. The van der Waals surface area contributed by atoms with E-state index >= 15 is 0 Å². The number of hydrogen-bond acceptors (Lipinski definition) is 3. The van der Waals surface area contributed by atoms with Crippen LogP contribution in [0.5, 0.6) is 0 Å². The number of nitrogens with one attached hydrogen (secondary N) is 1. The fraction of sp³-hybridized carbons (Fsp3) is 0.500. The lowest BCUT2D eigenvalue weighted by atomic mass is 10.0. The van der Waals surface area contributed by atoms with Crippen molar-refractivity contribution in [2.24, 2.45) is 5.92 Å². The number of sulfonamides is 1. The lowest BCUT2D eigenvalue weighted by Crippen LogP contribution is -2.37. The maximum Gasteiger partial charge on any atom is 0.335 e. The van der Waals surface area contributed by atoms with Gasteiger partial charge in [0.25, 0.3) is 0 Å². The molecule has 0 aliphatic heterocycles. The van der Waals surface area contributed by atoms with Crippen LogP contribution in [0, 0.1) is 5.92 Å². The zero-order valence-electron chi connectivity index (χ0n) is 11.4. The number of benzene rings is 1. The van der Waals surface area contributed by atoms with Crippen LogP contribution in [-0.2, 0) is 10.0 Å². The first kappa shape index (κ1) is 15.0. The minimum absolute atomic E-state index is 0.00208. The number of carboxylic acids is 1. The molecule has 20 heavy (non-hydrogen) atoms. The fourth-order valence-electron chi connectivity index (χ4n) is 2.66. The standard InChI is InChI=1S/C14H19NO4S/c1-10(11-5-2-3-6-11)15-20(18,19)13-8-4-7-12(9-13)14(16)17/h4,7-11,15H,2-3,5-6H2,1H3,(H,16,17)/t10-/m1/s1. The molecule has 0 amide bonds. The van der Waals surface area contributed by atoms with Crippen molar-refractivity contribution in [3.63, 3.8) is 0 Å². The second-order valence-electron chi connectivity index (χ2n) is 5.29. The van der Waals surface area contributed by atoms with Gasteiger partial charge in [0.2, 0.25) is 10.0 Å². The van der Waals surface area contributed by atoms with Crippen LogP contribution in [0.25, 0.3) is 0 Å². The van der Waals surface area contributed by atoms with Crippen LogP contribution in [0.1, 0.15) is 43.0 Å². The van der Waals surface area contributed by atoms with Gasteiger partial charge < -0.3 is 5.11 Å². The summed E-state index contributed by atoms with van der Waals surface area (Å²) in [6, 6.07) is 5.29. The summed E-state index contributed by atoms with van der Waals surface area (Å²) in [5.41, 5.74) is -0.0265. The zero-order chi connectivity index (χ0) is 14.8. The highest BCUT2D eigenvalue weighted by Gasteiger charge is 2.26. The fourth-order valence-corrected chi connectivity index (χ4v) is 4.02. The van der Waals surface area contributed by atoms with Gasteiger partial charge in [0.1, 0.15) is 0 Å². The van der Waals surface area contributed by atoms with Gasteiger partial charge in [-0.15, -0.1) is 0 Å². The Kier molecular flexibility index (Phi) is 4.45. The Balaban J connectivity index is 2.17. The highest BCUT2D eigenvalue weighted by Crippen LogP contribution is 2.28. The van der Waals surface area contributed by atoms with Crippen molar-refractivity contribution in [2.45, 2.75) is 43.5 Å². The van der Waals surface area contributed by atoms with Gasteiger partial charge in [-0.3, -0.25) is 0 Å². The quantitative estimate of drug-likeness (QED) is 0.873. The molecular weight excluding hydrogens is 278 g/mol. The molecule has 1 atom stereocenters. The highest BCUT2D eigenvalue weighted by atomic mass is 32.2. The third-order valence-electron chi connectivity index (χ3n) is 3.84. The van der Waals surface area contributed by atoms with E-state index in [0.29, 0.717) is 5.92 Å². The molecule has 0 aromatic heterocycles. The van der Waals surface area contributed by atoms with Crippen molar-refractivity contribution < 1.29 is 18.3 Å². The van der Waals surface area contributed by atoms with Crippen molar-refractivity contribution in [3.8, 4) is 0 Å². The SMILES string of the molecule is C[C@@H](NS(=O)(=O)c1cccc(C(=O)O)c1)C1CCCC1. The smallest absolute Gasteiger partial charge is 0.335 e. The summed E-state index contributed by atoms with van der Waals surface area (Å²) in [7, 11) is -3.67. The number of hydrogen-bond donors (Lipinski definition) is 2. The lowest BCUT2D eigenvalue weighted by Gasteiger charge is -2.20. The largest absolute Gasteiger partial charge is 0.478 e. The molecule has 0 spiro atoms. The molecule has 0 radical (unpaired) electrons. The molecule has 0 bridgehead atoms. The van der Waals surface area contributed by atoms with Crippen molar-refractivity contribution in [1.82, 2.24) is 4.72 Å². The monoisotopic (exact) mass is 297 g/mol. The van der Waals surface area contributed by atoms with Crippen molar-refractivity contribution in [2.75, 3.05) is 0 Å². The first-order chi connectivity index (χ1) is 9.40. The Hall–Kier alpha value is -1.40. The number of carbonyl (C=O) groups is 1. The second-order valence-corrected chi connectivity index (χ2v) is 7.00. The summed E-state index contributed by atoms with van der Waals surface area (Å²) < 4.78 is 27.2. The van der Waals surface area contributed by atoms with E-state index in [1.54, 1.807) is 0 Å². The summed E-state index contributed by atoms with van der Waals surface area (Å²) in [5.74, 6) is -0.765. The van der Waals surface area contributed by atoms with E-state index in [0.717, 1.165) is 25.7 Å². The molecule has 110 valence electrons. The first-order valence-corrected chi connectivity index (χ1v) is 8.24. The highest BCUT2D eigenvalue weighted by molar-refractivity contribution is 7.89. The van der Waals surface area contributed by atoms with Crippen molar-refractivity contribution in [1.29, 1.82) is 0 Å². The number of carboxylic acid groups (broad SMARTS) is 1. The molecule has 1 saturated carbocycles. The molecular formula is C14H19NO4S. The van der Waals surface area contributed by atoms with Crippen LogP contribution >= 0.6 is 0 Å². The molecule has 0 unspecified atom stereocenters. The van der Waals surface area contributed by atoms with Crippen LogP contribution in [0.3, 0.4) is 0 Å². The molecule has 6 heteroatoms. The van der Waals surface area contributed by atoms with E-state index in [1.807, 2.05) is 6.92 Å². The second kappa shape index (κ2) is 5.93. The molecule has 2 N–H and O–H groups in total. The van der Waals surface area contributed by atoms with Crippen LogP contribution in [0.15, 0.2) is 29.2 Å². The van der Waals surface area contributed by atoms with Gasteiger partial charge in [-0.05, 0) is 43.9 Å². The minimum atomic E-state index is -3.67. The van der Waals surface area contributed by atoms with Crippen LogP contribution in [0.2, 0.25) is 0 Å². The van der Waals surface area contributed by atoms with E-state index in [1.165, 1.54) is 24.3 Å². The lowest BCUT2D eigenvalue weighted by molar-refractivity contribution is 0.0696. The number of rotatable bonds is 5. The maximum absolute atomic E-state index is 12.3. The topological polar surface area (TPSA) is 83.5 Å². The Morgan fingerprint density at radius 3 is 2.60 bits per heavy atom. The van der Waals surface area contributed by atoms with Crippen LogP contribution in [0.4, 0.5) is 0 Å². The normalized spacial score (nSPS) is 18.1. The average molecular weight is 297 g/mol. The summed E-state index contributed by atoms with van der Waals surface area (Å²) >= 11 is 0. The van der Waals surface area contributed by atoms with Crippen LogP contribution < -0.4 is 4.72 Å². The van der Waals surface area contributed by atoms with Crippen LogP contribution in [-0.4, -0.2) is 25.5 Å². The van der Waals surface area contributed by atoms with Gasteiger partial charge in [0.05, 0.1) is 10.5 Å². The number of aromatic carboxylic acids is 1. The molecule has 2 rings (SSSR count). The molecule has 1 fully saturated rings. The van der Waals surface area contributed by atoms with Gasteiger partial charge >= 0.3 is 5.97 Å². The third kappa shape index (κ3) is 3.37. The van der Waals surface area contributed by atoms with E-state index in [-0.39, 0.29) is 16.5 Å². The Morgan fingerprint density at radius 2 is 2.00 bits per heavy atom. The summed E-state index contributed by atoms with van der Waals surface area (Å²) in [6.07, 6.45) is 4.37. The molecule has 0 heterocycles. The molecule has 5 nitrogen and oxygen atoms in total. The van der Waals surface area contributed by atoms with Gasteiger partial charge in [-0.1, -0.05) is 18.9 Å². The Labute approximate surface area is 119 Å². The Bertz CT molecular complexity index is 591. The molecule has 1 aliphatic rings. The van der Waals surface area contributed by atoms with Crippen molar-refractivity contribution >= 4 is 16.0 Å². The Morgan fingerprint density at radius 1 is 1.35 bits per heavy atom. The third-order valence-corrected chi connectivity index (χ3v) is 5.40. The minimum Gasteiger partial charge on any atom is -0.478 e. The van der Waals surface area contributed by atoms with Gasteiger partial charge in [0.15, 0.2) is 0 Å². The van der Waals surface area contributed by atoms with Gasteiger partial charge in [-0.25, -0.2) is 17.9 Å². The molecule has 0 saturated heterocycles. The first-order valence-electron chi connectivity index (χ1n) is 6.76. The predicted octanol–water partition coefficient (Wildman–Crippen LogP) is 2.24. The predicted molar refractivity (Wildman–Crippen MR) is 75.1 cm³/mol. The van der Waals surface area contributed by atoms with Gasteiger partial charge in [-0.2, -0.15) is 0 Å². The average Bonchev–Trinajstić information content (AvgIpc) is 2.92. The summed E-state index contributed by atoms with van der Waals surface area (Å²) in [6.45, 7) is 1.87. The maximum atomic E-state index is 12.3. The van der Waals surface area contributed by atoms with E-state index in [9.17, 15) is 13.2 Å². The molecule has 1 aromatic rings. The summed E-state index contributed by atoms with van der Waals surface area (Å²) in [5, 5.41) is 8.91. The van der Waals surface area contributed by atoms with E-state index in [2.05, 4.69) is 4.72 Å². The van der Waals surface area contributed by atoms with E-state index < -0.39 is 16.0 Å².